The van der Waals surface area contributed by atoms with Crippen LogP contribution in [0.4, 0.5) is 5.69 Å². The van der Waals surface area contributed by atoms with Crippen LogP contribution >= 0.6 is 27.7 Å². The topological polar surface area (TPSA) is 23.5 Å². The summed E-state index contributed by atoms with van der Waals surface area (Å²) in [6, 6.07) is 6.25. The second kappa shape index (κ2) is 6.12. The fraction of sp³-hybridized carbons (Fsp3) is 0.538. The highest BCUT2D eigenvalue weighted by atomic mass is 79.9. The first-order valence-corrected chi connectivity index (χ1v) is 7.93. The van der Waals surface area contributed by atoms with Gasteiger partial charge < -0.3 is 10.0 Å². The van der Waals surface area contributed by atoms with E-state index in [0.717, 1.165) is 23.1 Å². The molecule has 0 saturated carbocycles. The molecule has 94 valence electrons. The maximum atomic E-state index is 9.60. The molecule has 0 bridgehead atoms. The second-order valence-corrected chi connectivity index (χ2v) is 6.41. The van der Waals surface area contributed by atoms with Crippen LogP contribution in [0.25, 0.3) is 0 Å². The Kier molecular flexibility index (Phi) is 4.77. The minimum atomic E-state index is -0.418. The Balaban J connectivity index is 2.18. The van der Waals surface area contributed by atoms with E-state index < -0.39 is 6.10 Å². The molecule has 1 aliphatic rings. The highest BCUT2D eigenvalue weighted by Gasteiger charge is 2.12. The zero-order valence-electron chi connectivity index (χ0n) is 10.0. The molecule has 0 aliphatic carbocycles. The van der Waals surface area contributed by atoms with Gasteiger partial charge in [0.05, 0.1) is 6.10 Å². The van der Waals surface area contributed by atoms with Gasteiger partial charge in [0.1, 0.15) is 0 Å². The Labute approximate surface area is 116 Å². The summed E-state index contributed by atoms with van der Waals surface area (Å²) in [5, 5.41) is 9.60. The third-order valence-electron chi connectivity index (χ3n) is 3.02. The van der Waals surface area contributed by atoms with Gasteiger partial charge in [-0.05, 0) is 36.8 Å². The third kappa shape index (κ3) is 3.39. The summed E-state index contributed by atoms with van der Waals surface area (Å²) in [7, 11) is 0. The van der Waals surface area contributed by atoms with Crippen molar-refractivity contribution in [1.82, 2.24) is 0 Å². The molecule has 1 unspecified atom stereocenters. The van der Waals surface area contributed by atoms with Gasteiger partial charge in [-0.2, -0.15) is 11.8 Å². The van der Waals surface area contributed by atoms with Gasteiger partial charge >= 0.3 is 0 Å². The Bertz CT molecular complexity index is 376. The van der Waals surface area contributed by atoms with Crippen molar-refractivity contribution in [3.63, 3.8) is 0 Å². The molecule has 1 aliphatic heterocycles. The van der Waals surface area contributed by atoms with Crippen LogP contribution in [-0.2, 0) is 0 Å². The number of hydrogen-bond donors (Lipinski definition) is 1. The lowest BCUT2D eigenvalue weighted by Gasteiger charge is -2.23. The van der Waals surface area contributed by atoms with E-state index >= 15 is 0 Å². The normalized spacial score (nSPS) is 18.9. The summed E-state index contributed by atoms with van der Waals surface area (Å²) in [6.07, 6.45) is 0.832. The molecule has 1 heterocycles. The number of aliphatic hydroxyl groups is 1. The van der Waals surface area contributed by atoms with E-state index in [2.05, 4.69) is 33.0 Å². The predicted octanol–water partition coefficient (Wildman–Crippen LogP) is 3.45. The molecule has 1 aromatic rings. The number of aliphatic hydroxyl groups excluding tert-OH is 1. The van der Waals surface area contributed by atoms with E-state index in [1.54, 1.807) is 6.92 Å². The van der Waals surface area contributed by atoms with Gasteiger partial charge in [0, 0.05) is 29.0 Å². The number of benzene rings is 1. The summed E-state index contributed by atoms with van der Waals surface area (Å²) in [4.78, 5) is 2.43. The van der Waals surface area contributed by atoms with Crippen molar-refractivity contribution < 1.29 is 5.11 Å². The van der Waals surface area contributed by atoms with E-state index in [0.29, 0.717) is 0 Å². The molecular weight excluding hydrogens is 298 g/mol. The van der Waals surface area contributed by atoms with Gasteiger partial charge in [-0.15, -0.1) is 0 Å². The minimum absolute atomic E-state index is 0.418. The Hall–Kier alpha value is -0.190. The van der Waals surface area contributed by atoms with E-state index in [1.807, 2.05) is 17.8 Å². The molecular formula is C13H18BrNOS. The third-order valence-corrected chi connectivity index (χ3v) is 4.76. The van der Waals surface area contributed by atoms with Gasteiger partial charge in [0.25, 0.3) is 0 Å². The van der Waals surface area contributed by atoms with Crippen molar-refractivity contribution in [2.24, 2.45) is 0 Å². The van der Waals surface area contributed by atoms with Crippen molar-refractivity contribution >= 4 is 33.4 Å². The van der Waals surface area contributed by atoms with Crippen LogP contribution in [0.5, 0.6) is 0 Å². The molecule has 1 saturated heterocycles. The summed E-state index contributed by atoms with van der Waals surface area (Å²) in [5.41, 5.74) is 2.21. The number of rotatable bonds is 2. The average Bonchev–Trinajstić information content (AvgIpc) is 2.56. The summed E-state index contributed by atoms with van der Waals surface area (Å²) in [6.45, 7) is 4.04. The Morgan fingerprint density at radius 2 is 2.18 bits per heavy atom. The monoisotopic (exact) mass is 315 g/mol. The van der Waals surface area contributed by atoms with Crippen LogP contribution < -0.4 is 4.90 Å². The van der Waals surface area contributed by atoms with Crippen LogP contribution in [0.1, 0.15) is 25.0 Å². The first-order valence-electron chi connectivity index (χ1n) is 5.98. The minimum Gasteiger partial charge on any atom is -0.389 e. The number of anilines is 1. The fourth-order valence-electron chi connectivity index (χ4n) is 2.06. The molecule has 0 spiro atoms. The van der Waals surface area contributed by atoms with Gasteiger partial charge in [-0.3, -0.25) is 0 Å². The Morgan fingerprint density at radius 3 is 2.88 bits per heavy atom. The zero-order chi connectivity index (χ0) is 12.3. The highest BCUT2D eigenvalue weighted by Crippen LogP contribution is 2.29. The van der Waals surface area contributed by atoms with Crippen LogP contribution in [0, 0.1) is 0 Å². The lowest BCUT2D eigenvalue weighted by molar-refractivity contribution is 0.198. The van der Waals surface area contributed by atoms with Crippen LogP contribution in [-0.4, -0.2) is 29.7 Å². The summed E-state index contributed by atoms with van der Waals surface area (Å²) in [5.74, 6) is 2.47. The number of halogens is 1. The maximum Gasteiger partial charge on any atom is 0.0772 e. The Morgan fingerprint density at radius 1 is 1.35 bits per heavy atom. The van der Waals surface area contributed by atoms with E-state index in [1.165, 1.54) is 23.6 Å². The number of thioether (sulfide) groups is 1. The molecule has 1 fully saturated rings. The molecule has 2 rings (SSSR count). The highest BCUT2D eigenvalue weighted by molar-refractivity contribution is 9.10. The van der Waals surface area contributed by atoms with E-state index in [4.69, 9.17) is 0 Å². The van der Waals surface area contributed by atoms with Crippen molar-refractivity contribution in [2.45, 2.75) is 19.4 Å². The summed E-state index contributed by atoms with van der Waals surface area (Å²) >= 11 is 5.57. The zero-order valence-corrected chi connectivity index (χ0v) is 12.4. The molecule has 1 atom stereocenters. The van der Waals surface area contributed by atoms with E-state index in [9.17, 15) is 5.11 Å². The number of nitrogens with zero attached hydrogens (tertiary/aromatic N) is 1. The number of hydrogen-bond acceptors (Lipinski definition) is 3. The maximum absolute atomic E-state index is 9.60. The van der Waals surface area contributed by atoms with Gasteiger partial charge in [0.2, 0.25) is 0 Å². The van der Waals surface area contributed by atoms with Crippen molar-refractivity contribution in [3.8, 4) is 0 Å². The first kappa shape index (κ1) is 13.2. The molecule has 0 aromatic heterocycles. The predicted molar refractivity (Wildman–Crippen MR) is 78.9 cm³/mol. The second-order valence-electron chi connectivity index (χ2n) is 4.33. The molecule has 17 heavy (non-hydrogen) atoms. The quantitative estimate of drug-likeness (QED) is 0.904. The molecule has 4 heteroatoms. The molecule has 2 nitrogen and oxygen atoms in total. The smallest absolute Gasteiger partial charge is 0.0772 e. The standard InChI is InChI=1S/C13H18BrNOS/c1-10(16)12-4-3-11(9-13(12)14)15-5-2-7-17-8-6-15/h3-4,9-10,16H,2,5-8H2,1H3. The van der Waals surface area contributed by atoms with Gasteiger partial charge in [-0.25, -0.2) is 0 Å². The summed E-state index contributed by atoms with van der Waals surface area (Å²) < 4.78 is 1.00. The molecule has 0 radical (unpaired) electrons. The fourth-order valence-corrected chi connectivity index (χ4v) is 3.64. The van der Waals surface area contributed by atoms with Crippen molar-refractivity contribution in [1.29, 1.82) is 0 Å². The largest absolute Gasteiger partial charge is 0.389 e. The lowest BCUT2D eigenvalue weighted by atomic mass is 10.1. The van der Waals surface area contributed by atoms with Crippen LogP contribution in [0.15, 0.2) is 22.7 Å². The van der Waals surface area contributed by atoms with Gasteiger partial charge in [0.15, 0.2) is 0 Å². The molecule has 1 aromatic carbocycles. The SMILES string of the molecule is CC(O)c1ccc(N2CCCSCC2)cc1Br. The molecule has 1 N–H and O–H groups in total. The van der Waals surface area contributed by atoms with Crippen LogP contribution in [0.2, 0.25) is 0 Å². The van der Waals surface area contributed by atoms with E-state index in [-0.39, 0.29) is 0 Å². The van der Waals surface area contributed by atoms with Crippen LogP contribution in [0.3, 0.4) is 0 Å². The molecule has 0 amide bonds. The van der Waals surface area contributed by atoms with Gasteiger partial charge in [-0.1, -0.05) is 22.0 Å². The van der Waals surface area contributed by atoms with Crippen molar-refractivity contribution in [3.05, 3.63) is 28.2 Å². The first-order chi connectivity index (χ1) is 8.18. The average molecular weight is 316 g/mol. The van der Waals surface area contributed by atoms with Crippen molar-refractivity contribution in [2.75, 3.05) is 29.5 Å². The lowest BCUT2D eigenvalue weighted by Crippen LogP contribution is -2.25.